The first kappa shape index (κ1) is 17.9. The summed E-state index contributed by atoms with van der Waals surface area (Å²) in [4.78, 5) is 4.58. The van der Waals surface area contributed by atoms with E-state index in [9.17, 15) is 5.11 Å². The standard InChI is InChI=1S/C18H19Cl2N3O2/c19-15-1-3-17(4-2-15)23-7-5-22(6-8-23)12-14-10-16(20)9-13(11-21-25)18(14)24/h1-4,9-11,24-25H,5-8,12H2/b21-11+. The maximum Gasteiger partial charge on any atom is 0.129 e. The number of phenols is 1. The van der Waals surface area contributed by atoms with Gasteiger partial charge in [0.05, 0.1) is 6.21 Å². The van der Waals surface area contributed by atoms with Gasteiger partial charge in [-0.15, -0.1) is 0 Å². The Morgan fingerprint density at radius 1 is 1.00 bits per heavy atom. The summed E-state index contributed by atoms with van der Waals surface area (Å²) in [5, 5.41) is 23.2. The molecule has 0 aliphatic carbocycles. The number of oxime groups is 1. The fraction of sp³-hybridized carbons (Fsp3) is 0.278. The number of anilines is 1. The summed E-state index contributed by atoms with van der Waals surface area (Å²) in [6.07, 6.45) is 1.18. The van der Waals surface area contributed by atoms with Crippen LogP contribution in [-0.4, -0.2) is 47.6 Å². The molecule has 1 heterocycles. The van der Waals surface area contributed by atoms with E-state index >= 15 is 0 Å². The molecule has 0 aromatic heterocycles. The minimum absolute atomic E-state index is 0.0994. The second kappa shape index (κ2) is 7.95. The van der Waals surface area contributed by atoms with Crippen LogP contribution in [0.25, 0.3) is 0 Å². The zero-order chi connectivity index (χ0) is 17.8. The molecule has 2 aromatic carbocycles. The molecule has 0 amide bonds. The van der Waals surface area contributed by atoms with Gasteiger partial charge in [0.1, 0.15) is 5.75 Å². The van der Waals surface area contributed by atoms with Crippen molar-refractivity contribution in [1.29, 1.82) is 0 Å². The number of rotatable bonds is 4. The Balaban J connectivity index is 1.65. The van der Waals surface area contributed by atoms with Crippen LogP contribution in [0.15, 0.2) is 41.6 Å². The summed E-state index contributed by atoms with van der Waals surface area (Å²) in [7, 11) is 0. The first-order valence-electron chi connectivity index (χ1n) is 7.98. The zero-order valence-electron chi connectivity index (χ0n) is 13.6. The molecule has 0 atom stereocenters. The number of aromatic hydroxyl groups is 1. The summed E-state index contributed by atoms with van der Waals surface area (Å²) in [5.74, 6) is 0.0994. The SMILES string of the molecule is O/N=C/c1cc(Cl)cc(CN2CCN(c3ccc(Cl)cc3)CC2)c1O. The lowest BCUT2D eigenvalue weighted by molar-refractivity contribution is 0.246. The predicted molar refractivity (Wildman–Crippen MR) is 101 cm³/mol. The molecule has 0 unspecified atom stereocenters. The summed E-state index contributed by atoms with van der Waals surface area (Å²) < 4.78 is 0. The third kappa shape index (κ3) is 4.37. The van der Waals surface area contributed by atoms with E-state index in [0.717, 1.165) is 42.5 Å². The van der Waals surface area contributed by atoms with Crippen LogP contribution in [0.3, 0.4) is 0 Å². The van der Waals surface area contributed by atoms with Crippen LogP contribution in [0, 0.1) is 0 Å². The molecule has 7 heteroatoms. The van der Waals surface area contributed by atoms with Gasteiger partial charge in [-0.2, -0.15) is 0 Å². The summed E-state index contributed by atoms with van der Waals surface area (Å²) in [6, 6.07) is 11.2. The molecule has 25 heavy (non-hydrogen) atoms. The molecule has 1 saturated heterocycles. The van der Waals surface area contributed by atoms with Gasteiger partial charge in [-0.3, -0.25) is 4.90 Å². The number of benzene rings is 2. The molecular formula is C18H19Cl2N3O2. The van der Waals surface area contributed by atoms with Gasteiger partial charge in [-0.1, -0.05) is 28.4 Å². The van der Waals surface area contributed by atoms with Gasteiger partial charge in [-0.05, 0) is 36.4 Å². The van der Waals surface area contributed by atoms with E-state index in [4.69, 9.17) is 28.4 Å². The Morgan fingerprint density at radius 2 is 1.68 bits per heavy atom. The molecule has 1 aliphatic heterocycles. The van der Waals surface area contributed by atoms with Crippen molar-refractivity contribution in [3.63, 3.8) is 0 Å². The minimum Gasteiger partial charge on any atom is -0.507 e. The largest absolute Gasteiger partial charge is 0.507 e. The van der Waals surface area contributed by atoms with Gasteiger partial charge in [-0.25, -0.2) is 0 Å². The number of halogens is 2. The third-order valence-corrected chi connectivity index (χ3v) is 4.81. The lowest BCUT2D eigenvalue weighted by Gasteiger charge is -2.36. The minimum atomic E-state index is 0.0994. The molecule has 0 saturated carbocycles. The first-order valence-corrected chi connectivity index (χ1v) is 8.74. The van der Waals surface area contributed by atoms with Gasteiger partial charge in [0.2, 0.25) is 0 Å². The van der Waals surface area contributed by atoms with Crippen molar-refractivity contribution in [2.75, 3.05) is 31.1 Å². The van der Waals surface area contributed by atoms with Crippen LogP contribution in [-0.2, 0) is 6.54 Å². The Kier molecular flexibility index (Phi) is 5.68. The Morgan fingerprint density at radius 3 is 2.32 bits per heavy atom. The number of piperazine rings is 1. The van der Waals surface area contributed by atoms with Gasteiger partial charge in [0.15, 0.2) is 0 Å². The van der Waals surface area contributed by atoms with Crippen molar-refractivity contribution in [1.82, 2.24) is 4.90 Å². The van der Waals surface area contributed by atoms with Gasteiger partial charge >= 0.3 is 0 Å². The normalized spacial score (nSPS) is 15.8. The monoisotopic (exact) mass is 379 g/mol. The van der Waals surface area contributed by atoms with E-state index < -0.39 is 0 Å². The average molecular weight is 380 g/mol. The highest BCUT2D eigenvalue weighted by molar-refractivity contribution is 6.31. The zero-order valence-corrected chi connectivity index (χ0v) is 15.1. The fourth-order valence-electron chi connectivity index (χ4n) is 3.02. The van der Waals surface area contributed by atoms with E-state index in [1.165, 1.54) is 6.21 Å². The fourth-order valence-corrected chi connectivity index (χ4v) is 3.39. The van der Waals surface area contributed by atoms with E-state index in [0.29, 0.717) is 17.1 Å². The summed E-state index contributed by atoms with van der Waals surface area (Å²) in [5.41, 5.74) is 2.29. The van der Waals surface area contributed by atoms with E-state index in [2.05, 4.69) is 15.0 Å². The Labute approximate surface area is 156 Å². The second-order valence-electron chi connectivity index (χ2n) is 5.99. The van der Waals surface area contributed by atoms with Crippen LogP contribution in [0.1, 0.15) is 11.1 Å². The Hall–Kier alpha value is -1.95. The third-order valence-electron chi connectivity index (χ3n) is 4.34. The molecular weight excluding hydrogens is 361 g/mol. The van der Waals surface area contributed by atoms with Gasteiger partial charge in [0.25, 0.3) is 0 Å². The molecule has 5 nitrogen and oxygen atoms in total. The highest BCUT2D eigenvalue weighted by Gasteiger charge is 2.19. The van der Waals surface area contributed by atoms with Crippen molar-refractivity contribution in [3.8, 4) is 5.75 Å². The highest BCUT2D eigenvalue weighted by Crippen LogP contribution is 2.28. The molecule has 132 valence electrons. The van der Waals surface area contributed by atoms with E-state index in [-0.39, 0.29) is 5.75 Å². The van der Waals surface area contributed by atoms with Crippen LogP contribution in [0.2, 0.25) is 10.0 Å². The lowest BCUT2D eigenvalue weighted by atomic mass is 10.1. The second-order valence-corrected chi connectivity index (χ2v) is 6.86. The van der Waals surface area contributed by atoms with Crippen LogP contribution >= 0.6 is 23.2 Å². The number of hydrogen-bond acceptors (Lipinski definition) is 5. The molecule has 3 rings (SSSR count). The van der Waals surface area contributed by atoms with Crippen LogP contribution < -0.4 is 4.90 Å². The van der Waals surface area contributed by atoms with Crippen molar-refractivity contribution in [2.24, 2.45) is 5.16 Å². The molecule has 2 N–H and O–H groups in total. The summed E-state index contributed by atoms with van der Waals surface area (Å²) >= 11 is 12.0. The molecule has 2 aromatic rings. The molecule has 1 aliphatic rings. The number of nitrogens with zero attached hydrogens (tertiary/aromatic N) is 3. The predicted octanol–water partition coefficient (Wildman–Crippen LogP) is 3.83. The van der Waals surface area contributed by atoms with Crippen LogP contribution in [0.5, 0.6) is 5.75 Å². The Bertz CT molecular complexity index is 758. The molecule has 0 radical (unpaired) electrons. The quantitative estimate of drug-likeness (QED) is 0.481. The number of phenolic OH excluding ortho intramolecular Hbond substituents is 1. The number of hydrogen-bond donors (Lipinski definition) is 2. The van der Waals surface area contributed by atoms with Gasteiger partial charge < -0.3 is 15.2 Å². The van der Waals surface area contributed by atoms with Crippen molar-refractivity contribution in [3.05, 3.63) is 57.6 Å². The van der Waals surface area contributed by atoms with Crippen LogP contribution in [0.4, 0.5) is 5.69 Å². The molecule has 0 spiro atoms. The maximum absolute atomic E-state index is 10.3. The van der Waals surface area contributed by atoms with Crippen molar-refractivity contribution in [2.45, 2.75) is 6.54 Å². The summed E-state index contributed by atoms with van der Waals surface area (Å²) in [6.45, 7) is 4.13. The van der Waals surface area contributed by atoms with Crippen molar-refractivity contribution < 1.29 is 10.3 Å². The van der Waals surface area contributed by atoms with E-state index in [1.54, 1.807) is 12.1 Å². The van der Waals surface area contributed by atoms with Crippen molar-refractivity contribution >= 4 is 35.1 Å². The smallest absolute Gasteiger partial charge is 0.129 e. The van der Waals surface area contributed by atoms with E-state index in [1.807, 2.05) is 24.3 Å². The average Bonchev–Trinajstić information content (AvgIpc) is 2.61. The topological polar surface area (TPSA) is 59.3 Å². The van der Waals surface area contributed by atoms with Gasteiger partial charge in [0, 0.05) is 59.6 Å². The molecule has 1 fully saturated rings. The maximum atomic E-state index is 10.3. The molecule has 0 bridgehead atoms. The lowest BCUT2D eigenvalue weighted by Crippen LogP contribution is -2.45. The first-order chi connectivity index (χ1) is 12.1. The highest BCUT2D eigenvalue weighted by atomic mass is 35.5.